The first-order valence-electron chi connectivity index (χ1n) is 5.83. The van der Waals surface area contributed by atoms with Gasteiger partial charge >= 0.3 is 6.09 Å². The Morgan fingerprint density at radius 1 is 1.56 bits per heavy atom. The van der Waals surface area contributed by atoms with E-state index >= 15 is 0 Å². The molecule has 0 spiro atoms. The number of ether oxygens (including phenoxy) is 2. The van der Waals surface area contributed by atoms with Crippen molar-refractivity contribution in [3.8, 4) is 11.8 Å². The number of benzene rings is 1. The number of rotatable bonds is 4. The summed E-state index contributed by atoms with van der Waals surface area (Å²) in [5.74, 6) is 0.648. The van der Waals surface area contributed by atoms with Crippen LogP contribution in [0.25, 0.3) is 0 Å². The minimum Gasteiger partial charge on any atom is -0.492 e. The third kappa shape index (κ3) is 2.38. The van der Waals surface area contributed by atoms with Gasteiger partial charge in [0.15, 0.2) is 0 Å². The summed E-state index contributed by atoms with van der Waals surface area (Å²) in [6.07, 6.45) is -0.585. The van der Waals surface area contributed by atoms with Crippen molar-refractivity contribution >= 4 is 11.8 Å². The molecule has 94 valence electrons. The van der Waals surface area contributed by atoms with Gasteiger partial charge in [0.2, 0.25) is 0 Å². The molecule has 1 aromatic rings. The molecular formula is C13H14N2O3. The number of amides is 1. The lowest BCUT2D eigenvalue weighted by Crippen LogP contribution is -2.25. The molecule has 2 rings (SSSR count). The lowest BCUT2D eigenvalue weighted by atomic mass is 10.2. The van der Waals surface area contributed by atoms with Crippen LogP contribution in [0.15, 0.2) is 24.3 Å². The molecule has 5 heteroatoms. The molecule has 1 aliphatic heterocycles. The van der Waals surface area contributed by atoms with Crippen LogP contribution in [0.3, 0.4) is 0 Å². The van der Waals surface area contributed by atoms with Crippen LogP contribution in [0.2, 0.25) is 0 Å². The summed E-state index contributed by atoms with van der Waals surface area (Å²) in [5, 5.41) is 8.62. The van der Waals surface area contributed by atoms with Gasteiger partial charge in [-0.1, -0.05) is 12.1 Å². The molecule has 0 aromatic heterocycles. The SMILES string of the molecule is CCOc1ccccc1N1CC(CC#N)OC1=O. The van der Waals surface area contributed by atoms with Gasteiger partial charge in [-0.15, -0.1) is 0 Å². The van der Waals surface area contributed by atoms with Gasteiger partial charge in [-0.25, -0.2) is 4.79 Å². The summed E-state index contributed by atoms with van der Waals surface area (Å²) < 4.78 is 10.6. The van der Waals surface area contributed by atoms with Crippen molar-refractivity contribution in [3.63, 3.8) is 0 Å². The monoisotopic (exact) mass is 246 g/mol. The standard InChI is InChI=1S/C13H14N2O3/c1-2-17-12-6-4-3-5-11(12)15-9-10(7-8-14)18-13(15)16/h3-6,10H,2,7,9H2,1H3. The first kappa shape index (κ1) is 12.2. The number of carbonyl (C=O) groups excluding carboxylic acids is 1. The topological polar surface area (TPSA) is 62.6 Å². The molecule has 0 aliphatic carbocycles. The molecule has 1 unspecified atom stereocenters. The van der Waals surface area contributed by atoms with Gasteiger partial charge < -0.3 is 9.47 Å². The van der Waals surface area contributed by atoms with Crippen molar-refractivity contribution in [2.45, 2.75) is 19.4 Å². The zero-order valence-electron chi connectivity index (χ0n) is 10.1. The van der Waals surface area contributed by atoms with Crippen molar-refractivity contribution in [1.82, 2.24) is 0 Å². The van der Waals surface area contributed by atoms with Gasteiger partial charge in [-0.3, -0.25) is 4.90 Å². The van der Waals surface area contributed by atoms with Crippen molar-refractivity contribution in [1.29, 1.82) is 5.26 Å². The molecule has 1 amide bonds. The maximum Gasteiger partial charge on any atom is 0.414 e. The minimum atomic E-state index is -0.428. The Bertz CT molecular complexity index is 481. The van der Waals surface area contributed by atoms with Crippen molar-refractivity contribution in [3.05, 3.63) is 24.3 Å². The Kier molecular flexibility index (Phi) is 3.68. The van der Waals surface area contributed by atoms with Gasteiger partial charge in [0.25, 0.3) is 0 Å². The van der Waals surface area contributed by atoms with E-state index in [1.165, 1.54) is 4.90 Å². The summed E-state index contributed by atoms with van der Waals surface area (Å²) in [5.41, 5.74) is 0.685. The lowest BCUT2D eigenvalue weighted by molar-refractivity contribution is 0.143. The second-order valence-corrected chi connectivity index (χ2v) is 3.88. The molecule has 1 fully saturated rings. The van der Waals surface area contributed by atoms with Crippen molar-refractivity contribution in [2.24, 2.45) is 0 Å². The summed E-state index contributed by atoms with van der Waals surface area (Å²) in [4.78, 5) is 13.3. The smallest absolute Gasteiger partial charge is 0.414 e. The fourth-order valence-electron chi connectivity index (χ4n) is 1.88. The molecule has 0 bridgehead atoms. The van der Waals surface area contributed by atoms with E-state index in [0.29, 0.717) is 24.6 Å². The quantitative estimate of drug-likeness (QED) is 0.817. The second-order valence-electron chi connectivity index (χ2n) is 3.88. The maximum absolute atomic E-state index is 11.8. The number of cyclic esters (lactones) is 1. The molecule has 1 heterocycles. The van der Waals surface area contributed by atoms with Crippen LogP contribution in [0.5, 0.6) is 5.75 Å². The number of nitriles is 1. The molecule has 1 aromatic carbocycles. The number of nitrogens with zero attached hydrogens (tertiary/aromatic N) is 2. The minimum absolute atomic E-state index is 0.207. The van der Waals surface area contributed by atoms with E-state index in [4.69, 9.17) is 14.7 Å². The lowest BCUT2D eigenvalue weighted by Gasteiger charge is -2.16. The Morgan fingerprint density at radius 2 is 2.33 bits per heavy atom. The van der Waals surface area contributed by atoms with Crippen LogP contribution in [0, 0.1) is 11.3 Å². The maximum atomic E-state index is 11.8. The van der Waals surface area contributed by atoms with Crippen molar-refractivity contribution in [2.75, 3.05) is 18.1 Å². The fourth-order valence-corrected chi connectivity index (χ4v) is 1.88. The first-order chi connectivity index (χ1) is 8.76. The summed E-state index contributed by atoms with van der Waals surface area (Å²) in [6.45, 7) is 2.80. The first-order valence-corrected chi connectivity index (χ1v) is 5.83. The highest BCUT2D eigenvalue weighted by Gasteiger charge is 2.33. The Hall–Kier alpha value is -2.22. The van der Waals surface area contributed by atoms with E-state index in [1.54, 1.807) is 6.07 Å². The molecule has 1 saturated heterocycles. The fraction of sp³-hybridized carbons (Fsp3) is 0.385. The number of para-hydroxylation sites is 2. The molecule has 1 atom stereocenters. The zero-order chi connectivity index (χ0) is 13.0. The summed E-state index contributed by atoms with van der Waals surface area (Å²) in [6, 6.07) is 9.31. The normalized spacial score (nSPS) is 18.3. The van der Waals surface area contributed by atoms with E-state index < -0.39 is 6.09 Å². The van der Waals surface area contributed by atoms with Gasteiger partial charge in [0.05, 0.1) is 31.3 Å². The average molecular weight is 246 g/mol. The number of hydrogen-bond acceptors (Lipinski definition) is 4. The van der Waals surface area contributed by atoms with E-state index in [-0.39, 0.29) is 12.5 Å². The van der Waals surface area contributed by atoms with Crippen LogP contribution in [0.4, 0.5) is 10.5 Å². The van der Waals surface area contributed by atoms with E-state index in [1.807, 2.05) is 31.2 Å². The molecule has 0 saturated carbocycles. The van der Waals surface area contributed by atoms with Gasteiger partial charge in [0.1, 0.15) is 11.9 Å². The molecule has 1 aliphatic rings. The van der Waals surface area contributed by atoms with E-state index in [9.17, 15) is 4.79 Å². The van der Waals surface area contributed by atoms with Gasteiger partial charge in [0, 0.05) is 0 Å². The Balaban J connectivity index is 2.22. The van der Waals surface area contributed by atoms with Crippen LogP contribution in [-0.2, 0) is 4.74 Å². The molecule has 0 N–H and O–H groups in total. The third-order valence-corrected chi connectivity index (χ3v) is 2.65. The Morgan fingerprint density at radius 3 is 3.06 bits per heavy atom. The highest BCUT2D eigenvalue weighted by atomic mass is 16.6. The third-order valence-electron chi connectivity index (χ3n) is 2.65. The predicted octanol–water partition coefficient (Wildman–Crippen LogP) is 2.32. The van der Waals surface area contributed by atoms with Crippen molar-refractivity contribution < 1.29 is 14.3 Å². The van der Waals surface area contributed by atoms with Gasteiger partial charge in [-0.05, 0) is 19.1 Å². The van der Waals surface area contributed by atoms with Crippen LogP contribution in [0.1, 0.15) is 13.3 Å². The highest BCUT2D eigenvalue weighted by Crippen LogP contribution is 2.31. The van der Waals surface area contributed by atoms with E-state index in [2.05, 4.69) is 0 Å². The average Bonchev–Trinajstić information content (AvgIpc) is 2.72. The van der Waals surface area contributed by atoms with Crippen LogP contribution < -0.4 is 9.64 Å². The number of anilines is 1. The second kappa shape index (κ2) is 5.41. The Labute approximate surface area is 106 Å². The van der Waals surface area contributed by atoms with Crippen LogP contribution in [-0.4, -0.2) is 25.3 Å². The molecule has 18 heavy (non-hydrogen) atoms. The summed E-state index contributed by atoms with van der Waals surface area (Å²) in [7, 11) is 0. The largest absolute Gasteiger partial charge is 0.492 e. The summed E-state index contributed by atoms with van der Waals surface area (Å²) >= 11 is 0. The molecular weight excluding hydrogens is 232 g/mol. The van der Waals surface area contributed by atoms with E-state index in [0.717, 1.165) is 0 Å². The highest BCUT2D eigenvalue weighted by molar-refractivity contribution is 5.91. The van der Waals surface area contributed by atoms with Gasteiger partial charge in [-0.2, -0.15) is 5.26 Å². The number of carbonyl (C=O) groups is 1. The molecule has 0 radical (unpaired) electrons. The van der Waals surface area contributed by atoms with Crippen LogP contribution >= 0.6 is 0 Å². The predicted molar refractivity (Wildman–Crippen MR) is 65.5 cm³/mol. The number of hydrogen-bond donors (Lipinski definition) is 0. The zero-order valence-corrected chi connectivity index (χ0v) is 10.1. The molecule has 5 nitrogen and oxygen atoms in total.